The first kappa shape index (κ1) is 13.8. The van der Waals surface area contributed by atoms with Crippen LogP contribution in [0.2, 0.25) is 0 Å². The fraction of sp³-hybridized carbons (Fsp3) is 0.538. The van der Waals surface area contributed by atoms with Gasteiger partial charge in [0.05, 0.1) is 12.4 Å². The highest BCUT2D eigenvalue weighted by atomic mass is 127. The van der Waals surface area contributed by atoms with Crippen LogP contribution in [0.25, 0.3) is 0 Å². The standard InChI is InChI=1S/C13H19IO2/c1-2-3-4-7-12(9-10-14)16-13-8-5-6-11-15-13/h5-6,8-13H,2-4,7H2,1H3/b10-9+. The first-order valence-electron chi connectivity index (χ1n) is 5.78. The minimum atomic E-state index is -0.232. The molecule has 2 nitrogen and oxygen atoms in total. The molecule has 1 rings (SSSR count). The molecule has 0 spiro atoms. The molecule has 0 saturated heterocycles. The normalized spacial score (nSPS) is 21.2. The summed E-state index contributed by atoms with van der Waals surface area (Å²) >= 11 is 2.22. The smallest absolute Gasteiger partial charge is 0.219 e. The molecule has 2 atom stereocenters. The van der Waals surface area contributed by atoms with Gasteiger partial charge >= 0.3 is 0 Å². The molecule has 1 aliphatic heterocycles. The van der Waals surface area contributed by atoms with Gasteiger partial charge in [-0.3, -0.25) is 0 Å². The molecule has 1 aliphatic rings. The quantitative estimate of drug-likeness (QED) is 0.510. The maximum Gasteiger partial charge on any atom is 0.219 e. The van der Waals surface area contributed by atoms with E-state index in [0.717, 1.165) is 6.42 Å². The number of hydrogen-bond donors (Lipinski definition) is 0. The Kier molecular flexibility index (Phi) is 7.59. The van der Waals surface area contributed by atoms with Gasteiger partial charge in [-0.25, -0.2) is 0 Å². The lowest BCUT2D eigenvalue weighted by Crippen LogP contribution is -2.21. The fourth-order valence-electron chi connectivity index (χ4n) is 1.50. The molecule has 3 heteroatoms. The average molecular weight is 334 g/mol. The lowest BCUT2D eigenvalue weighted by Gasteiger charge is -2.21. The predicted molar refractivity (Wildman–Crippen MR) is 75.3 cm³/mol. The van der Waals surface area contributed by atoms with Gasteiger partial charge in [-0.15, -0.1) is 0 Å². The average Bonchev–Trinajstić information content (AvgIpc) is 2.31. The van der Waals surface area contributed by atoms with Crippen LogP contribution >= 0.6 is 22.6 Å². The van der Waals surface area contributed by atoms with E-state index in [9.17, 15) is 0 Å². The number of ether oxygens (including phenoxy) is 2. The molecule has 16 heavy (non-hydrogen) atoms. The van der Waals surface area contributed by atoms with Crippen LogP contribution in [0.4, 0.5) is 0 Å². The van der Waals surface area contributed by atoms with E-state index in [1.165, 1.54) is 19.3 Å². The lowest BCUT2D eigenvalue weighted by atomic mass is 10.1. The van der Waals surface area contributed by atoms with E-state index in [-0.39, 0.29) is 12.4 Å². The molecule has 0 fully saturated rings. The van der Waals surface area contributed by atoms with Crippen molar-refractivity contribution in [2.75, 3.05) is 0 Å². The zero-order valence-electron chi connectivity index (χ0n) is 9.64. The van der Waals surface area contributed by atoms with E-state index < -0.39 is 0 Å². The van der Waals surface area contributed by atoms with Gasteiger partial charge in [-0.05, 0) is 28.7 Å². The molecular weight excluding hydrogens is 315 g/mol. The second-order valence-electron chi connectivity index (χ2n) is 3.71. The number of rotatable bonds is 7. The summed E-state index contributed by atoms with van der Waals surface area (Å²) in [5.41, 5.74) is 0. The molecule has 90 valence electrons. The lowest BCUT2D eigenvalue weighted by molar-refractivity contribution is -0.0996. The van der Waals surface area contributed by atoms with E-state index >= 15 is 0 Å². The molecule has 1 heterocycles. The van der Waals surface area contributed by atoms with Gasteiger partial charge in [-0.1, -0.05) is 54.9 Å². The van der Waals surface area contributed by atoms with Gasteiger partial charge in [0, 0.05) is 0 Å². The van der Waals surface area contributed by atoms with Crippen LogP contribution in [0.15, 0.2) is 34.6 Å². The molecule has 0 saturated carbocycles. The monoisotopic (exact) mass is 334 g/mol. The van der Waals surface area contributed by atoms with Crippen LogP contribution in [0, 0.1) is 0 Å². The minimum Gasteiger partial charge on any atom is -0.469 e. The number of allylic oxidation sites excluding steroid dienone is 2. The summed E-state index contributed by atoms with van der Waals surface area (Å²) in [6.45, 7) is 2.21. The van der Waals surface area contributed by atoms with E-state index in [2.05, 4.69) is 35.6 Å². The Labute approximate surface area is 112 Å². The summed E-state index contributed by atoms with van der Waals surface area (Å²) in [4.78, 5) is 0. The molecular formula is C13H19IO2. The molecule has 0 N–H and O–H groups in total. The molecule has 0 radical (unpaired) electrons. The van der Waals surface area contributed by atoms with Crippen LogP contribution in [0.5, 0.6) is 0 Å². The highest BCUT2D eigenvalue weighted by Crippen LogP contribution is 2.14. The third-order valence-corrected chi connectivity index (χ3v) is 2.77. The minimum absolute atomic E-state index is 0.157. The largest absolute Gasteiger partial charge is 0.469 e. The Bertz CT molecular complexity index is 259. The summed E-state index contributed by atoms with van der Waals surface area (Å²) in [6.07, 6.45) is 14.2. The summed E-state index contributed by atoms with van der Waals surface area (Å²) in [7, 11) is 0. The molecule has 0 aromatic rings. The Morgan fingerprint density at radius 3 is 2.94 bits per heavy atom. The number of hydrogen-bond acceptors (Lipinski definition) is 2. The van der Waals surface area contributed by atoms with Gasteiger partial charge in [0.1, 0.15) is 0 Å². The van der Waals surface area contributed by atoms with Crippen LogP contribution in [-0.4, -0.2) is 12.4 Å². The Morgan fingerprint density at radius 2 is 2.31 bits per heavy atom. The zero-order chi connectivity index (χ0) is 11.6. The third kappa shape index (κ3) is 5.70. The highest BCUT2D eigenvalue weighted by molar-refractivity contribution is 14.1. The summed E-state index contributed by atoms with van der Waals surface area (Å²) < 4.78 is 13.2. The second-order valence-corrected chi connectivity index (χ2v) is 4.43. The Balaban J connectivity index is 2.32. The summed E-state index contributed by atoms with van der Waals surface area (Å²) in [5.74, 6) is 0. The van der Waals surface area contributed by atoms with Crippen molar-refractivity contribution in [3.63, 3.8) is 0 Å². The van der Waals surface area contributed by atoms with E-state index in [0.29, 0.717) is 0 Å². The van der Waals surface area contributed by atoms with Gasteiger partial charge in [0.15, 0.2) is 0 Å². The van der Waals surface area contributed by atoms with E-state index in [1.807, 2.05) is 22.3 Å². The zero-order valence-corrected chi connectivity index (χ0v) is 11.8. The van der Waals surface area contributed by atoms with Crippen molar-refractivity contribution in [1.82, 2.24) is 0 Å². The SMILES string of the molecule is CCCCCC(/C=C/I)OC1C=CC=CO1. The van der Waals surface area contributed by atoms with Crippen LogP contribution in [-0.2, 0) is 9.47 Å². The highest BCUT2D eigenvalue weighted by Gasteiger charge is 2.12. The fourth-order valence-corrected chi connectivity index (χ4v) is 1.97. The van der Waals surface area contributed by atoms with Gasteiger partial charge in [0.2, 0.25) is 6.29 Å². The maximum absolute atomic E-state index is 5.83. The van der Waals surface area contributed by atoms with Crippen molar-refractivity contribution >= 4 is 22.6 Å². The number of unbranched alkanes of at least 4 members (excludes halogenated alkanes) is 2. The topological polar surface area (TPSA) is 18.5 Å². The molecule has 0 aromatic carbocycles. The van der Waals surface area contributed by atoms with Gasteiger partial charge < -0.3 is 9.47 Å². The van der Waals surface area contributed by atoms with Crippen molar-refractivity contribution in [2.45, 2.75) is 45.0 Å². The molecule has 0 aromatic heterocycles. The second kappa shape index (κ2) is 8.82. The third-order valence-electron chi connectivity index (χ3n) is 2.36. The van der Waals surface area contributed by atoms with Crippen LogP contribution < -0.4 is 0 Å². The molecule has 0 amide bonds. The van der Waals surface area contributed by atoms with Crippen molar-refractivity contribution in [3.8, 4) is 0 Å². The predicted octanol–water partition coefficient (Wildman–Crippen LogP) is 4.33. The van der Waals surface area contributed by atoms with Gasteiger partial charge in [0.25, 0.3) is 0 Å². The first-order valence-corrected chi connectivity index (χ1v) is 7.02. The van der Waals surface area contributed by atoms with Gasteiger partial charge in [-0.2, -0.15) is 0 Å². The van der Waals surface area contributed by atoms with E-state index in [1.54, 1.807) is 6.26 Å². The van der Waals surface area contributed by atoms with Crippen LogP contribution in [0.3, 0.4) is 0 Å². The summed E-state index contributed by atoms with van der Waals surface area (Å²) in [5, 5.41) is 0. The van der Waals surface area contributed by atoms with Crippen molar-refractivity contribution in [3.05, 3.63) is 34.6 Å². The first-order chi connectivity index (χ1) is 7.86. The molecule has 0 aliphatic carbocycles. The van der Waals surface area contributed by atoms with E-state index in [4.69, 9.17) is 9.47 Å². The molecule has 0 bridgehead atoms. The summed E-state index contributed by atoms with van der Waals surface area (Å²) in [6, 6.07) is 0. The van der Waals surface area contributed by atoms with Crippen LogP contribution in [0.1, 0.15) is 32.6 Å². The maximum atomic E-state index is 5.83. The Hall–Kier alpha value is -0.290. The van der Waals surface area contributed by atoms with Crippen molar-refractivity contribution < 1.29 is 9.47 Å². The number of halogens is 1. The van der Waals surface area contributed by atoms with Crippen molar-refractivity contribution in [1.29, 1.82) is 0 Å². The van der Waals surface area contributed by atoms with Crippen molar-refractivity contribution in [2.24, 2.45) is 0 Å². The Morgan fingerprint density at radius 1 is 1.44 bits per heavy atom. The molecule has 2 unspecified atom stereocenters.